The van der Waals surface area contributed by atoms with Crippen LogP contribution in [0.1, 0.15) is 30.5 Å². The zero-order valence-electron chi connectivity index (χ0n) is 15.1. The summed E-state index contributed by atoms with van der Waals surface area (Å²) in [6.45, 7) is 8.20. The van der Waals surface area contributed by atoms with Crippen molar-refractivity contribution in [2.45, 2.75) is 27.7 Å². The van der Waals surface area contributed by atoms with Gasteiger partial charge in [-0.3, -0.25) is 14.5 Å². The molecular formula is C18H21NO5S2. The van der Waals surface area contributed by atoms with Crippen LogP contribution in [-0.2, 0) is 9.59 Å². The van der Waals surface area contributed by atoms with Crippen LogP contribution in [0.2, 0.25) is 0 Å². The maximum Gasteiger partial charge on any atom is 0.323 e. The lowest BCUT2D eigenvalue weighted by molar-refractivity contribution is -0.140. The summed E-state index contributed by atoms with van der Waals surface area (Å²) in [6.07, 6.45) is 1.72. The monoisotopic (exact) mass is 395 g/mol. The number of ether oxygens (including phenoxy) is 2. The van der Waals surface area contributed by atoms with Crippen LogP contribution in [0.15, 0.2) is 11.0 Å². The Hall–Kier alpha value is -2.06. The van der Waals surface area contributed by atoms with Gasteiger partial charge in [-0.05, 0) is 51.0 Å². The number of hydrogen-bond acceptors (Lipinski definition) is 6. The summed E-state index contributed by atoms with van der Waals surface area (Å²) in [6, 6.07) is 1.92. The Morgan fingerprint density at radius 2 is 1.88 bits per heavy atom. The van der Waals surface area contributed by atoms with Gasteiger partial charge in [0.05, 0.1) is 18.1 Å². The van der Waals surface area contributed by atoms with Crippen LogP contribution in [0, 0.1) is 13.8 Å². The molecule has 0 bridgehead atoms. The van der Waals surface area contributed by atoms with Gasteiger partial charge in [0.25, 0.3) is 5.91 Å². The van der Waals surface area contributed by atoms with Crippen molar-refractivity contribution in [1.29, 1.82) is 0 Å². The van der Waals surface area contributed by atoms with Crippen LogP contribution in [0.4, 0.5) is 0 Å². The van der Waals surface area contributed by atoms with Crippen LogP contribution in [0.5, 0.6) is 11.5 Å². The Kier molecular flexibility index (Phi) is 6.66. The van der Waals surface area contributed by atoms with Crippen LogP contribution >= 0.6 is 24.0 Å². The lowest BCUT2D eigenvalue weighted by Crippen LogP contribution is -2.33. The quantitative estimate of drug-likeness (QED) is 0.560. The van der Waals surface area contributed by atoms with Crippen LogP contribution in [0.3, 0.4) is 0 Å². The van der Waals surface area contributed by atoms with Crippen molar-refractivity contribution >= 4 is 46.3 Å². The number of aryl methyl sites for hydroxylation is 1. The molecule has 1 saturated heterocycles. The van der Waals surface area contributed by atoms with E-state index in [1.807, 2.05) is 33.8 Å². The first-order valence-corrected chi connectivity index (χ1v) is 9.39. The zero-order valence-corrected chi connectivity index (χ0v) is 16.8. The molecule has 8 heteroatoms. The molecule has 1 aromatic carbocycles. The molecule has 6 nitrogen and oxygen atoms in total. The molecule has 2 rings (SSSR count). The minimum Gasteiger partial charge on any atom is -0.490 e. The molecule has 0 aliphatic carbocycles. The molecule has 0 spiro atoms. The number of hydrogen-bond donors (Lipinski definition) is 1. The summed E-state index contributed by atoms with van der Waals surface area (Å²) < 4.78 is 11.7. The standard InChI is InChI=1S/C18H21NO5S2/c1-5-23-15-10(3)7-12(11(4)16(15)24-6-2)8-13-17(22)19(9-14(20)21)18(25)26-13/h7-8H,5-6,9H2,1-4H3,(H,20,21). The lowest BCUT2D eigenvalue weighted by atomic mass is 10.0. The minimum absolute atomic E-state index is 0.244. The van der Waals surface area contributed by atoms with Gasteiger partial charge in [-0.15, -0.1) is 0 Å². The van der Waals surface area contributed by atoms with Gasteiger partial charge in [0.15, 0.2) is 11.5 Å². The fraction of sp³-hybridized carbons (Fsp3) is 0.389. The maximum absolute atomic E-state index is 12.5. The fourth-order valence-corrected chi connectivity index (χ4v) is 3.84. The van der Waals surface area contributed by atoms with Gasteiger partial charge in [0.1, 0.15) is 10.9 Å². The molecular weight excluding hydrogens is 374 g/mol. The predicted octanol–water partition coefficient (Wildman–Crippen LogP) is 3.39. The second-order valence-corrected chi connectivity index (χ2v) is 7.27. The molecule has 1 heterocycles. The molecule has 1 fully saturated rings. The Labute approximate surface area is 162 Å². The first-order chi connectivity index (χ1) is 12.3. The summed E-state index contributed by atoms with van der Waals surface area (Å²) in [4.78, 5) is 24.9. The van der Waals surface area contributed by atoms with Crippen molar-refractivity contribution in [1.82, 2.24) is 4.90 Å². The van der Waals surface area contributed by atoms with Gasteiger partial charge in [-0.2, -0.15) is 0 Å². The van der Waals surface area contributed by atoms with Gasteiger partial charge >= 0.3 is 5.97 Å². The van der Waals surface area contributed by atoms with E-state index in [1.54, 1.807) is 6.08 Å². The lowest BCUT2D eigenvalue weighted by Gasteiger charge is -2.18. The molecule has 1 aliphatic rings. The van der Waals surface area contributed by atoms with Gasteiger partial charge in [-0.1, -0.05) is 24.0 Å². The van der Waals surface area contributed by atoms with Crippen LogP contribution in [-0.4, -0.2) is 46.0 Å². The van der Waals surface area contributed by atoms with E-state index in [2.05, 4.69) is 0 Å². The third kappa shape index (κ3) is 4.19. The second-order valence-electron chi connectivity index (χ2n) is 5.59. The number of aliphatic carboxylic acids is 1. The van der Waals surface area contributed by atoms with Gasteiger partial charge in [-0.25, -0.2) is 0 Å². The van der Waals surface area contributed by atoms with Gasteiger partial charge in [0.2, 0.25) is 0 Å². The number of carboxylic acid groups (broad SMARTS) is 1. The zero-order chi connectivity index (χ0) is 19.4. The molecule has 1 aromatic rings. The Morgan fingerprint density at radius 3 is 2.46 bits per heavy atom. The van der Waals surface area contributed by atoms with E-state index < -0.39 is 18.4 Å². The number of thiocarbonyl (C=S) groups is 1. The number of carboxylic acids is 1. The molecule has 1 amide bonds. The highest BCUT2D eigenvalue weighted by Crippen LogP contribution is 2.39. The number of carbonyl (C=O) groups excluding carboxylic acids is 1. The van der Waals surface area contributed by atoms with Crippen molar-refractivity contribution in [2.24, 2.45) is 0 Å². The summed E-state index contributed by atoms with van der Waals surface area (Å²) >= 11 is 6.23. The average molecular weight is 396 g/mol. The molecule has 1 N–H and O–H groups in total. The first kappa shape index (κ1) is 20.3. The molecule has 0 radical (unpaired) electrons. The number of carbonyl (C=O) groups is 2. The number of amides is 1. The SMILES string of the molecule is CCOc1c(C)cc(C=C2SC(=S)N(CC(=O)O)C2=O)c(C)c1OCC. The first-order valence-electron chi connectivity index (χ1n) is 8.17. The number of thioether (sulfide) groups is 1. The summed E-state index contributed by atoms with van der Waals surface area (Å²) in [5.74, 6) is -0.149. The van der Waals surface area contributed by atoms with E-state index >= 15 is 0 Å². The second kappa shape index (κ2) is 8.55. The Balaban J connectivity index is 2.46. The molecule has 26 heavy (non-hydrogen) atoms. The third-order valence-electron chi connectivity index (χ3n) is 3.74. The van der Waals surface area contributed by atoms with Crippen molar-refractivity contribution in [3.8, 4) is 11.5 Å². The van der Waals surface area contributed by atoms with E-state index in [0.29, 0.717) is 29.6 Å². The van der Waals surface area contributed by atoms with Gasteiger partial charge in [0, 0.05) is 5.56 Å². The van der Waals surface area contributed by atoms with Gasteiger partial charge < -0.3 is 14.6 Å². The van der Waals surface area contributed by atoms with E-state index in [4.69, 9.17) is 26.8 Å². The number of benzene rings is 1. The van der Waals surface area contributed by atoms with E-state index in [9.17, 15) is 9.59 Å². The molecule has 0 atom stereocenters. The highest BCUT2D eigenvalue weighted by molar-refractivity contribution is 8.26. The molecule has 0 aromatic heterocycles. The van der Waals surface area contributed by atoms with E-state index in [1.165, 1.54) is 0 Å². The van der Waals surface area contributed by atoms with E-state index in [-0.39, 0.29) is 4.32 Å². The number of rotatable bonds is 7. The van der Waals surface area contributed by atoms with Crippen molar-refractivity contribution < 1.29 is 24.2 Å². The van der Waals surface area contributed by atoms with Crippen LogP contribution < -0.4 is 9.47 Å². The fourth-order valence-electron chi connectivity index (χ4n) is 2.59. The van der Waals surface area contributed by atoms with Crippen molar-refractivity contribution in [2.75, 3.05) is 19.8 Å². The Morgan fingerprint density at radius 1 is 1.27 bits per heavy atom. The summed E-state index contributed by atoms with van der Waals surface area (Å²) in [7, 11) is 0. The third-order valence-corrected chi connectivity index (χ3v) is 5.12. The Bertz CT molecular complexity index is 788. The normalized spacial score (nSPS) is 15.7. The topological polar surface area (TPSA) is 76.1 Å². The maximum atomic E-state index is 12.5. The molecule has 0 unspecified atom stereocenters. The van der Waals surface area contributed by atoms with Crippen molar-refractivity contribution in [3.63, 3.8) is 0 Å². The largest absolute Gasteiger partial charge is 0.490 e. The highest BCUT2D eigenvalue weighted by Gasteiger charge is 2.33. The predicted molar refractivity (Wildman–Crippen MR) is 106 cm³/mol. The van der Waals surface area contributed by atoms with Crippen molar-refractivity contribution in [3.05, 3.63) is 27.7 Å². The molecule has 1 aliphatic heterocycles. The summed E-state index contributed by atoms with van der Waals surface area (Å²) in [5, 5.41) is 8.93. The summed E-state index contributed by atoms with van der Waals surface area (Å²) in [5.41, 5.74) is 2.56. The van der Waals surface area contributed by atoms with Crippen LogP contribution in [0.25, 0.3) is 6.08 Å². The number of nitrogens with zero attached hydrogens (tertiary/aromatic N) is 1. The smallest absolute Gasteiger partial charge is 0.323 e. The highest BCUT2D eigenvalue weighted by atomic mass is 32.2. The molecule has 140 valence electrons. The minimum atomic E-state index is -1.10. The van der Waals surface area contributed by atoms with E-state index in [0.717, 1.165) is 33.4 Å². The average Bonchev–Trinajstić information content (AvgIpc) is 2.82. The molecule has 0 saturated carbocycles.